The molecule has 1 rings (SSSR count). The van der Waals surface area contributed by atoms with Gasteiger partial charge in [-0.1, -0.05) is 11.3 Å². The number of carbonyl (C=O) groups excluding carboxylic acids is 1. The first-order chi connectivity index (χ1) is 7.63. The van der Waals surface area contributed by atoms with Crippen molar-refractivity contribution in [2.24, 2.45) is 0 Å². The van der Waals surface area contributed by atoms with E-state index in [1.54, 1.807) is 19.1 Å². The van der Waals surface area contributed by atoms with E-state index in [9.17, 15) is 4.79 Å². The molecule has 1 aromatic heterocycles. The number of nitrogen functional groups attached to an aromatic ring is 1. The summed E-state index contributed by atoms with van der Waals surface area (Å²) in [5.41, 5.74) is 5.47. The summed E-state index contributed by atoms with van der Waals surface area (Å²) < 4.78 is 9.28. The molecular weight excluding hydrogens is 230 g/mol. The fourth-order valence-electron chi connectivity index (χ4n) is 0.935. The number of anilines is 1. The highest BCUT2D eigenvalue weighted by Gasteiger charge is 2.20. The van der Waals surface area contributed by atoms with E-state index in [2.05, 4.69) is 4.74 Å². The molecule has 6 nitrogen and oxygen atoms in total. The van der Waals surface area contributed by atoms with E-state index in [1.807, 2.05) is 0 Å². The highest BCUT2D eigenvalue weighted by molar-refractivity contribution is 7.18. The number of carbonyl (C=O) groups is 1. The Morgan fingerprint density at radius 1 is 1.44 bits per heavy atom. The summed E-state index contributed by atoms with van der Waals surface area (Å²) in [6.45, 7) is 1.78. The van der Waals surface area contributed by atoms with E-state index in [0.717, 1.165) is 11.3 Å². The first kappa shape index (κ1) is 11.8. The smallest absolute Gasteiger partial charge is 0.434 e. The summed E-state index contributed by atoms with van der Waals surface area (Å²) in [5, 5.41) is 17.7. The molecule has 82 valence electrons. The third kappa shape index (κ3) is 2.22. The topological polar surface area (TPSA) is 109 Å². The van der Waals surface area contributed by atoms with Gasteiger partial charge in [0.25, 0.3) is 0 Å². The predicted octanol–water partition coefficient (Wildman–Crippen LogP) is 1.61. The Labute approximate surface area is 95.4 Å². The van der Waals surface area contributed by atoms with Gasteiger partial charge in [-0.05, 0) is 6.92 Å². The molecule has 0 unspecified atom stereocenters. The second-order valence-corrected chi connectivity index (χ2v) is 3.53. The minimum absolute atomic E-state index is 0.0185. The zero-order valence-electron chi connectivity index (χ0n) is 8.31. The van der Waals surface area contributed by atoms with Gasteiger partial charge in [0.1, 0.15) is 28.3 Å². The van der Waals surface area contributed by atoms with Gasteiger partial charge in [0.2, 0.25) is 5.06 Å². The maximum Gasteiger partial charge on any atom is 0.514 e. The standard InChI is InChI=1S/C9H7N3O3S/c1-2-14-9(13)15-8-6(4-11)5(3-10)7(12)16-8/h2,12H2,1H3. The number of hydrogen-bond donors (Lipinski definition) is 1. The van der Waals surface area contributed by atoms with Crippen LogP contribution in [0.25, 0.3) is 0 Å². The molecule has 0 atom stereocenters. The molecule has 0 bridgehead atoms. The molecule has 0 saturated carbocycles. The summed E-state index contributed by atoms with van der Waals surface area (Å²) >= 11 is 0.854. The highest BCUT2D eigenvalue weighted by Crippen LogP contribution is 2.36. The number of nitriles is 2. The van der Waals surface area contributed by atoms with E-state index in [0.29, 0.717) is 0 Å². The van der Waals surface area contributed by atoms with Crippen LogP contribution in [0.1, 0.15) is 18.1 Å². The van der Waals surface area contributed by atoms with Gasteiger partial charge in [-0.3, -0.25) is 0 Å². The molecule has 0 radical (unpaired) electrons. The largest absolute Gasteiger partial charge is 0.514 e. The van der Waals surface area contributed by atoms with Crippen molar-refractivity contribution in [2.45, 2.75) is 6.92 Å². The highest BCUT2D eigenvalue weighted by atomic mass is 32.1. The van der Waals surface area contributed by atoms with E-state index < -0.39 is 6.16 Å². The van der Waals surface area contributed by atoms with E-state index in [4.69, 9.17) is 21.0 Å². The number of hydrogen-bond acceptors (Lipinski definition) is 7. The Morgan fingerprint density at radius 3 is 2.56 bits per heavy atom. The summed E-state index contributed by atoms with van der Waals surface area (Å²) in [5.74, 6) is 0. The van der Waals surface area contributed by atoms with Gasteiger partial charge >= 0.3 is 6.16 Å². The lowest BCUT2D eigenvalue weighted by molar-refractivity contribution is 0.105. The third-order valence-electron chi connectivity index (χ3n) is 1.57. The van der Waals surface area contributed by atoms with Crippen LogP contribution in [0, 0.1) is 22.7 Å². The molecule has 7 heteroatoms. The number of thiophene rings is 1. The van der Waals surface area contributed by atoms with Crippen LogP contribution in [0.2, 0.25) is 0 Å². The lowest BCUT2D eigenvalue weighted by Crippen LogP contribution is -2.09. The molecule has 0 aliphatic rings. The van der Waals surface area contributed by atoms with Gasteiger partial charge < -0.3 is 15.2 Å². The Bertz CT molecular complexity index is 495. The second-order valence-electron chi connectivity index (χ2n) is 2.51. The summed E-state index contributed by atoms with van der Waals surface area (Å²) in [6.07, 6.45) is -0.926. The van der Waals surface area contributed by atoms with Crippen LogP contribution >= 0.6 is 11.3 Å². The van der Waals surface area contributed by atoms with Gasteiger partial charge in [0.05, 0.1) is 6.61 Å². The van der Waals surface area contributed by atoms with Crippen LogP contribution in [-0.4, -0.2) is 12.8 Å². The number of rotatable bonds is 2. The predicted molar refractivity (Wildman–Crippen MR) is 55.8 cm³/mol. The molecule has 1 heterocycles. The fourth-order valence-corrected chi connectivity index (χ4v) is 1.74. The molecule has 2 N–H and O–H groups in total. The SMILES string of the molecule is CCOC(=O)Oc1sc(N)c(C#N)c1C#N. The molecule has 0 fully saturated rings. The Hall–Kier alpha value is -2.25. The normalized spacial score (nSPS) is 8.94. The average Bonchev–Trinajstić information content (AvgIpc) is 2.53. The summed E-state index contributed by atoms with van der Waals surface area (Å²) in [7, 11) is 0. The van der Waals surface area contributed by atoms with Crippen LogP contribution < -0.4 is 10.5 Å². The lowest BCUT2D eigenvalue weighted by atomic mass is 10.2. The van der Waals surface area contributed by atoms with Crippen molar-refractivity contribution in [1.82, 2.24) is 0 Å². The fraction of sp³-hybridized carbons (Fsp3) is 0.222. The molecule has 1 aromatic rings. The van der Waals surface area contributed by atoms with Crippen molar-refractivity contribution in [3.63, 3.8) is 0 Å². The van der Waals surface area contributed by atoms with Crippen molar-refractivity contribution >= 4 is 22.5 Å². The van der Waals surface area contributed by atoms with Gasteiger partial charge in [0, 0.05) is 0 Å². The van der Waals surface area contributed by atoms with Crippen LogP contribution in [0.3, 0.4) is 0 Å². The van der Waals surface area contributed by atoms with Gasteiger partial charge in [-0.25, -0.2) is 4.79 Å². The average molecular weight is 237 g/mol. The Morgan fingerprint density at radius 2 is 2.06 bits per heavy atom. The van der Waals surface area contributed by atoms with E-state index >= 15 is 0 Å². The van der Waals surface area contributed by atoms with Crippen molar-refractivity contribution in [2.75, 3.05) is 12.3 Å². The molecule has 0 aromatic carbocycles. The first-order valence-corrected chi connectivity index (χ1v) is 5.02. The third-order valence-corrected chi connectivity index (χ3v) is 2.46. The molecule has 0 amide bonds. The van der Waals surface area contributed by atoms with Crippen LogP contribution in [0.5, 0.6) is 5.06 Å². The minimum Gasteiger partial charge on any atom is -0.434 e. The zero-order chi connectivity index (χ0) is 12.1. The summed E-state index contributed by atoms with van der Waals surface area (Å²) in [6, 6.07) is 3.53. The minimum atomic E-state index is -0.926. The molecule has 0 saturated heterocycles. The quantitative estimate of drug-likeness (QED) is 0.782. The maximum atomic E-state index is 11.0. The lowest BCUT2D eigenvalue weighted by Gasteiger charge is -2.00. The van der Waals surface area contributed by atoms with E-state index in [-0.39, 0.29) is 27.8 Å². The number of nitrogens with zero attached hydrogens (tertiary/aromatic N) is 2. The van der Waals surface area contributed by atoms with E-state index in [1.165, 1.54) is 0 Å². The summed E-state index contributed by atoms with van der Waals surface area (Å²) in [4.78, 5) is 11.0. The van der Waals surface area contributed by atoms with Crippen LogP contribution in [0.15, 0.2) is 0 Å². The molecule has 0 aliphatic carbocycles. The van der Waals surface area contributed by atoms with Crippen LogP contribution in [0.4, 0.5) is 9.80 Å². The van der Waals surface area contributed by atoms with Gasteiger partial charge in [-0.15, -0.1) is 0 Å². The Kier molecular flexibility index (Phi) is 3.70. The van der Waals surface area contributed by atoms with Crippen molar-refractivity contribution in [3.8, 4) is 17.2 Å². The monoisotopic (exact) mass is 237 g/mol. The van der Waals surface area contributed by atoms with Crippen molar-refractivity contribution in [1.29, 1.82) is 10.5 Å². The van der Waals surface area contributed by atoms with Gasteiger partial charge in [0.15, 0.2) is 0 Å². The number of ether oxygens (including phenoxy) is 2. The molecular formula is C9H7N3O3S. The first-order valence-electron chi connectivity index (χ1n) is 4.21. The van der Waals surface area contributed by atoms with Crippen molar-refractivity contribution in [3.05, 3.63) is 11.1 Å². The Balaban J connectivity index is 3.03. The number of nitrogens with two attached hydrogens (primary N) is 1. The van der Waals surface area contributed by atoms with Gasteiger partial charge in [-0.2, -0.15) is 10.5 Å². The molecule has 0 aliphatic heterocycles. The molecule has 0 spiro atoms. The maximum absolute atomic E-state index is 11.0. The van der Waals surface area contributed by atoms with Crippen molar-refractivity contribution < 1.29 is 14.3 Å². The second kappa shape index (κ2) is 5.01. The molecule has 16 heavy (non-hydrogen) atoms. The zero-order valence-corrected chi connectivity index (χ0v) is 9.13. The van der Waals surface area contributed by atoms with Crippen LogP contribution in [-0.2, 0) is 4.74 Å².